The quantitative estimate of drug-likeness (QED) is 0.487. The molecule has 0 N–H and O–H groups in total. The zero-order chi connectivity index (χ0) is 11.9. The van der Waals surface area contributed by atoms with Crippen molar-refractivity contribution in [2.75, 3.05) is 0 Å². The molecule has 0 spiro atoms. The summed E-state index contributed by atoms with van der Waals surface area (Å²) in [6.45, 7) is 2.36. The van der Waals surface area contributed by atoms with E-state index < -0.39 is 0 Å². The van der Waals surface area contributed by atoms with Crippen molar-refractivity contribution in [3.8, 4) is 0 Å². The third-order valence-corrected chi connectivity index (χ3v) is 5.36. The molecule has 0 unspecified atom stereocenters. The van der Waals surface area contributed by atoms with E-state index in [0.717, 1.165) is 17.8 Å². The minimum atomic E-state index is 1.04. The molecule has 0 heterocycles. The maximum atomic E-state index is 2.36. The Morgan fingerprint density at radius 2 is 0.824 bits per heavy atom. The maximum absolute atomic E-state index is 2.36. The second-order valence-electron chi connectivity index (χ2n) is 6.83. The zero-order valence-electron chi connectivity index (χ0n) is 11.9. The summed E-state index contributed by atoms with van der Waals surface area (Å²) in [6, 6.07) is 0. The van der Waals surface area contributed by atoms with Crippen molar-refractivity contribution >= 4 is 0 Å². The van der Waals surface area contributed by atoms with E-state index in [0.29, 0.717) is 0 Å². The van der Waals surface area contributed by atoms with Crippen molar-refractivity contribution in [2.24, 2.45) is 17.8 Å². The Labute approximate surface area is 109 Å². The lowest BCUT2D eigenvalue weighted by molar-refractivity contribution is 0.171. The standard InChI is InChI=1S/C10H18.C7H14/c1-2-6-10-8-4-3-7-9(10)5-1;1-7-5-3-2-4-6-7/h9-10H,1-8H2;7H,2-6H2,1H3. The van der Waals surface area contributed by atoms with Crippen molar-refractivity contribution < 1.29 is 0 Å². The van der Waals surface area contributed by atoms with Crippen molar-refractivity contribution in [2.45, 2.75) is 90.4 Å². The molecule has 100 valence electrons. The highest BCUT2D eigenvalue weighted by Crippen LogP contribution is 2.39. The number of fused-ring (bicyclic) bond motifs is 1. The summed E-state index contributed by atoms with van der Waals surface area (Å²) in [4.78, 5) is 0. The molecule has 3 aliphatic carbocycles. The van der Waals surface area contributed by atoms with Crippen LogP contribution in [0.5, 0.6) is 0 Å². The van der Waals surface area contributed by atoms with Gasteiger partial charge in [-0.1, -0.05) is 90.4 Å². The summed E-state index contributed by atoms with van der Waals surface area (Å²) >= 11 is 0. The molecule has 0 heteroatoms. The van der Waals surface area contributed by atoms with E-state index in [9.17, 15) is 0 Å². The van der Waals surface area contributed by atoms with Crippen molar-refractivity contribution in [1.29, 1.82) is 0 Å². The zero-order valence-corrected chi connectivity index (χ0v) is 11.9. The van der Waals surface area contributed by atoms with Crippen LogP contribution < -0.4 is 0 Å². The summed E-state index contributed by atoms with van der Waals surface area (Å²) in [6.07, 6.45) is 19.8. The SMILES string of the molecule is C1CCC2CCCCC2C1.CC1CCCCC1. The van der Waals surface area contributed by atoms with Gasteiger partial charge in [-0.2, -0.15) is 0 Å². The van der Waals surface area contributed by atoms with Gasteiger partial charge < -0.3 is 0 Å². The van der Waals surface area contributed by atoms with E-state index in [1.807, 2.05) is 0 Å². The van der Waals surface area contributed by atoms with Gasteiger partial charge in [-0.25, -0.2) is 0 Å². The highest BCUT2D eigenvalue weighted by atomic mass is 14.3. The Morgan fingerprint density at radius 1 is 0.471 bits per heavy atom. The molecule has 0 amide bonds. The lowest BCUT2D eigenvalue weighted by Crippen LogP contribution is -2.22. The normalized spacial score (nSPS) is 34.4. The first kappa shape index (κ1) is 13.4. The third-order valence-electron chi connectivity index (χ3n) is 5.36. The molecule has 3 rings (SSSR count). The van der Waals surface area contributed by atoms with E-state index in [1.54, 1.807) is 25.7 Å². The molecule has 0 aromatic heterocycles. The number of hydrogen-bond acceptors (Lipinski definition) is 0. The molecule has 17 heavy (non-hydrogen) atoms. The van der Waals surface area contributed by atoms with Gasteiger partial charge in [0.2, 0.25) is 0 Å². The monoisotopic (exact) mass is 236 g/mol. The van der Waals surface area contributed by atoms with Gasteiger partial charge in [0, 0.05) is 0 Å². The molecule has 3 aliphatic rings. The lowest BCUT2D eigenvalue weighted by atomic mass is 9.71. The first-order valence-electron chi connectivity index (χ1n) is 8.36. The Balaban J connectivity index is 0.000000136. The molecular formula is C17H32. The molecule has 0 aromatic rings. The Hall–Kier alpha value is 0. The fraction of sp³-hybridized carbons (Fsp3) is 1.00. The minimum Gasteiger partial charge on any atom is -0.0625 e. The van der Waals surface area contributed by atoms with Crippen LogP contribution >= 0.6 is 0 Å². The average molecular weight is 236 g/mol. The Bertz CT molecular complexity index is 164. The molecule has 0 radical (unpaired) electrons. The van der Waals surface area contributed by atoms with Gasteiger partial charge in [-0.3, -0.25) is 0 Å². The van der Waals surface area contributed by atoms with E-state index in [2.05, 4.69) is 6.92 Å². The lowest BCUT2D eigenvalue weighted by Gasteiger charge is -2.35. The summed E-state index contributed by atoms with van der Waals surface area (Å²) in [5, 5.41) is 0. The minimum absolute atomic E-state index is 1.04. The second-order valence-corrected chi connectivity index (χ2v) is 6.83. The van der Waals surface area contributed by atoms with Crippen LogP contribution in [-0.4, -0.2) is 0 Å². The highest BCUT2D eigenvalue weighted by Gasteiger charge is 2.26. The molecule has 0 atom stereocenters. The molecule has 3 fully saturated rings. The fourth-order valence-electron chi connectivity index (χ4n) is 4.16. The molecule has 0 nitrogen and oxygen atoms in total. The maximum Gasteiger partial charge on any atom is -0.0386 e. The highest BCUT2D eigenvalue weighted by molar-refractivity contribution is 4.78. The molecule has 3 saturated carbocycles. The summed E-state index contributed by atoms with van der Waals surface area (Å²) in [5.74, 6) is 3.35. The van der Waals surface area contributed by atoms with Crippen LogP contribution in [0.4, 0.5) is 0 Å². The van der Waals surface area contributed by atoms with Gasteiger partial charge >= 0.3 is 0 Å². The van der Waals surface area contributed by atoms with Crippen LogP contribution in [-0.2, 0) is 0 Å². The van der Waals surface area contributed by atoms with Crippen LogP contribution in [0, 0.1) is 17.8 Å². The molecule has 0 aromatic carbocycles. The van der Waals surface area contributed by atoms with Crippen LogP contribution in [0.15, 0.2) is 0 Å². The third kappa shape index (κ3) is 4.64. The van der Waals surface area contributed by atoms with Crippen molar-refractivity contribution in [3.63, 3.8) is 0 Å². The molecule has 0 bridgehead atoms. The Morgan fingerprint density at radius 3 is 1.12 bits per heavy atom. The van der Waals surface area contributed by atoms with Gasteiger partial charge in [-0.05, 0) is 17.8 Å². The first-order valence-corrected chi connectivity index (χ1v) is 8.36. The molecule has 0 saturated heterocycles. The predicted molar refractivity (Wildman–Crippen MR) is 76.2 cm³/mol. The van der Waals surface area contributed by atoms with E-state index in [-0.39, 0.29) is 0 Å². The van der Waals surface area contributed by atoms with Crippen LogP contribution in [0.3, 0.4) is 0 Å². The van der Waals surface area contributed by atoms with E-state index in [4.69, 9.17) is 0 Å². The average Bonchev–Trinajstić information content (AvgIpc) is 2.41. The van der Waals surface area contributed by atoms with Crippen LogP contribution in [0.25, 0.3) is 0 Å². The number of hydrogen-bond donors (Lipinski definition) is 0. The van der Waals surface area contributed by atoms with Gasteiger partial charge in [0.1, 0.15) is 0 Å². The molecule has 0 aliphatic heterocycles. The number of rotatable bonds is 0. The van der Waals surface area contributed by atoms with E-state index in [1.165, 1.54) is 57.8 Å². The summed E-state index contributed by atoms with van der Waals surface area (Å²) in [7, 11) is 0. The van der Waals surface area contributed by atoms with Crippen LogP contribution in [0.1, 0.15) is 90.4 Å². The van der Waals surface area contributed by atoms with Gasteiger partial charge in [0.25, 0.3) is 0 Å². The van der Waals surface area contributed by atoms with Crippen LogP contribution in [0.2, 0.25) is 0 Å². The predicted octanol–water partition coefficient (Wildman–Crippen LogP) is 5.95. The topological polar surface area (TPSA) is 0 Å². The first-order chi connectivity index (χ1) is 8.36. The van der Waals surface area contributed by atoms with Gasteiger partial charge in [-0.15, -0.1) is 0 Å². The fourth-order valence-corrected chi connectivity index (χ4v) is 4.16. The van der Waals surface area contributed by atoms with E-state index >= 15 is 0 Å². The van der Waals surface area contributed by atoms with Gasteiger partial charge in [0.05, 0.1) is 0 Å². The Kier molecular flexibility index (Phi) is 5.88. The molecular weight excluding hydrogens is 204 g/mol. The summed E-state index contributed by atoms with van der Waals surface area (Å²) in [5.41, 5.74) is 0. The van der Waals surface area contributed by atoms with Crippen molar-refractivity contribution in [1.82, 2.24) is 0 Å². The van der Waals surface area contributed by atoms with Gasteiger partial charge in [0.15, 0.2) is 0 Å². The second kappa shape index (κ2) is 7.44. The largest absolute Gasteiger partial charge is 0.0625 e. The smallest absolute Gasteiger partial charge is 0.0386 e. The summed E-state index contributed by atoms with van der Waals surface area (Å²) < 4.78 is 0. The van der Waals surface area contributed by atoms with Crippen molar-refractivity contribution in [3.05, 3.63) is 0 Å².